The summed E-state index contributed by atoms with van der Waals surface area (Å²) >= 11 is 0. The molecule has 1 aliphatic rings. The minimum Gasteiger partial charge on any atom is -0.372 e. The van der Waals surface area contributed by atoms with Crippen molar-refractivity contribution in [3.63, 3.8) is 0 Å². The largest absolute Gasteiger partial charge is 0.372 e. The van der Waals surface area contributed by atoms with Crippen LogP contribution in [-0.2, 0) is 6.42 Å². The van der Waals surface area contributed by atoms with Crippen LogP contribution in [0.5, 0.6) is 0 Å². The van der Waals surface area contributed by atoms with E-state index in [1.165, 1.54) is 6.07 Å². The molecule has 1 nitrogen and oxygen atoms in total. The molecule has 1 aromatic carbocycles. The second kappa shape index (κ2) is 2.98. The van der Waals surface area contributed by atoms with E-state index in [0.29, 0.717) is 5.69 Å². The first-order chi connectivity index (χ1) is 6.18. The molecule has 1 aliphatic heterocycles. The summed E-state index contributed by atoms with van der Waals surface area (Å²) in [5, 5.41) is 0. The van der Waals surface area contributed by atoms with E-state index in [2.05, 4.69) is 0 Å². The number of nitrogens with zero attached hydrogens (tertiary/aromatic N) is 1. The quantitative estimate of drug-likeness (QED) is 0.596. The van der Waals surface area contributed by atoms with Crippen LogP contribution in [0.4, 0.5) is 14.5 Å². The molecule has 70 valence electrons. The number of rotatable bonds is 0. The van der Waals surface area contributed by atoms with Crippen molar-refractivity contribution < 1.29 is 8.78 Å². The maximum absolute atomic E-state index is 13.3. The van der Waals surface area contributed by atoms with E-state index in [1.807, 2.05) is 11.9 Å². The number of fused-ring (bicyclic) bond motifs is 1. The van der Waals surface area contributed by atoms with E-state index >= 15 is 0 Å². The molecule has 0 unspecified atom stereocenters. The zero-order valence-electron chi connectivity index (χ0n) is 7.48. The summed E-state index contributed by atoms with van der Waals surface area (Å²) in [5.41, 5.74) is 1.35. The number of anilines is 1. The molecule has 0 atom stereocenters. The number of hydrogen-bond donors (Lipinski definition) is 0. The predicted molar refractivity (Wildman–Crippen MR) is 47.9 cm³/mol. The Bertz CT molecular complexity index is 336. The van der Waals surface area contributed by atoms with Crippen LogP contribution < -0.4 is 4.90 Å². The summed E-state index contributed by atoms with van der Waals surface area (Å²) in [4.78, 5) is 1.84. The molecule has 0 bridgehead atoms. The SMILES string of the molecule is CN1CCCc2cc(F)cc(F)c21. The normalized spacial score (nSPS) is 15.8. The van der Waals surface area contributed by atoms with E-state index < -0.39 is 11.6 Å². The lowest BCUT2D eigenvalue weighted by atomic mass is 10.0. The Hall–Kier alpha value is -1.12. The van der Waals surface area contributed by atoms with Gasteiger partial charge in [0.25, 0.3) is 0 Å². The molecular weight excluding hydrogens is 172 g/mol. The van der Waals surface area contributed by atoms with Crippen molar-refractivity contribution in [2.24, 2.45) is 0 Å². The summed E-state index contributed by atoms with van der Waals surface area (Å²) in [5.74, 6) is -0.927. The van der Waals surface area contributed by atoms with Crippen LogP contribution >= 0.6 is 0 Å². The number of aryl methyl sites for hydroxylation is 1. The molecule has 0 N–H and O–H groups in total. The van der Waals surface area contributed by atoms with Gasteiger partial charge in [-0.2, -0.15) is 0 Å². The Balaban J connectivity index is 2.56. The van der Waals surface area contributed by atoms with Gasteiger partial charge in [0.05, 0.1) is 5.69 Å². The maximum Gasteiger partial charge on any atom is 0.149 e. The number of benzene rings is 1. The minimum absolute atomic E-state index is 0.447. The molecule has 1 aromatic rings. The lowest BCUT2D eigenvalue weighted by Crippen LogP contribution is -2.26. The molecule has 0 amide bonds. The van der Waals surface area contributed by atoms with Gasteiger partial charge in [-0.1, -0.05) is 0 Å². The van der Waals surface area contributed by atoms with Gasteiger partial charge >= 0.3 is 0 Å². The highest BCUT2D eigenvalue weighted by Gasteiger charge is 2.18. The van der Waals surface area contributed by atoms with Crippen LogP contribution in [0.3, 0.4) is 0 Å². The lowest BCUT2D eigenvalue weighted by molar-refractivity contribution is 0.569. The second-order valence-electron chi connectivity index (χ2n) is 3.42. The van der Waals surface area contributed by atoms with E-state index in [1.54, 1.807) is 0 Å². The van der Waals surface area contributed by atoms with Gasteiger partial charge < -0.3 is 4.90 Å². The molecule has 2 rings (SSSR count). The van der Waals surface area contributed by atoms with Gasteiger partial charge in [-0.3, -0.25) is 0 Å². The van der Waals surface area contributed by atoms with Crippen LogP contribution in [0, 0.1) is 11.6 Å². The minimum atomic E-state index is -0.480. The Morgan fingerprint density at radius 2 is 2.08 bits per heavy atom. The fourth-order valence-electron chi connectivity index (χ4n) is 1.86. The first-order valence-electron chi connectivity index (χ1n) is 4.37. The Kier molecular flexibility index (Phi) is 1.94. The van der Waals surface area contributed by atoms with Gasteiger partial charge in [-0.25, -0.2) is 8.78 Å². The molecule has 13 heavy (non-hydrogen) atoms. The summed E-state index contributed by atoms with van der Waals surface area (Å²) < 4.78 is 26.1. The van der Waals surface area contributed by atoms with Crippen molar-refractivity contribution in [2.45, 2.75) is 12.8 Å². The Morgan fingerprint density at radius 1 is 1.31 bits per heavy atom. The van der Waals surface area contributed by atoms with Gasteiger partial charge in [-0.15, -0.1) is 0 Å². The molecule has 0 aromatic heterocycles. The van der Waals surface area contributed by atoms with Gasteiger partial charge in [0.1, 0.15) is 11.6 Å². The highest BCUT2D eigenvalue weighted by atomic mass is 19.1. The van der Waals surface area contributed by atoms with Gasteiger partial charge in [-0.05, 0) is 24.5 Å². The third kappa shape index (κ3) is 1.39. The maximum atomic E-state index is 13.3. The Labute approximate surface area is 76.0 Å². The highest BCUT2D eigenvalue weighted by Crippen LogP contribution is 2.29. The van der Waals surface area contributed by atoms with Crippen LogP contribution in [0.2, 0.25) is 0 Å². The average Bonchev–Trinajstić information content (AvgIpc) is 2.02. The summed E-state index contributed by atoms with van der Waals surface area (Å²) in [6.45, 7) is 0.843. The van der Waals surface area contributed by atoms with Gasteiger partial charge in [0.2, 0.25) is 0 Å². The second-order valence-corrected chi connectivity index (χ2v) is 3.42. The van der Waals surface area contributed by atoms with Crippen molar-refractivity contribution in [3.8, 4) is 0 Å². The smallest absolute Gasteiger partial charge is 0.149 e. The van der Waals surface area contributed by atoms with E-state index in [-0.39, 0.29) is 0 Å². The summed E-state index contributed by atoms with van der Waals surface area (Å²) in [7, 11) is 1.83. The van der Waals surface area contributed by atoms with Crippen molar-refractivity contribution in [2.75, 3.05) is 18.5 Å². The van der Waals surface area contributed by atoms with Crippen molar-refractivity contribution in [3.05, 3.63) is 29.3 Å². The molecule has 0 saturated heterocycles. The average molecular weight is 183 g/mol. The van der Waals surface area contributed by atoms with Crippen molar-refractivity contribution >= 4 is 5.69 Å². The zero-order valence-corrected chi connectivity index (χ0v) is 7.48. The van der Waals surface area contributed by atoms with Gasteiger partial charge in [0.15, 0.2) is 0 Å². The molecular formula is C10H11F2N. The third-order valence-corrected chi connectivity index (χ3v) is 2.43. The van der Waals surface area contributed by atoms with Crippen LogP contribution in [0.15, 0.2) is 12.1 Å². The highest BCUT2D eigenvalue weighted by molar-refractivity contribution is 5.56. The topological polar surface area (TPSA) is 3.24 Å². The monoisotopic (exact) mass is 183 g/mol. The van der Waals surface area contributed by atoms with E-state index in [4.69, 9.17) is 0 Å². The molecule has 1 heterocycles. The molecule has 0 saturated carbocycles. The van der Waals surface area contributed by atoms with Crippen LogP contribution in [0.25, 0.3) is 0 Å². The van der Waals surface area contributed by atoms with E-state index in [9.17, 15) is 8.78 Å². The van der Waals surface area contributed by atoms with E-state index in [0.717, 1.165) is 31.0 Å². The molecule has 3 heteroatoms. The molecule has 0 aliphatic carbocycles. The number of hydrogen-bond acceptors (Lipinski definition) is 1. The fraction of sp³-hybridized carbons (Fsp3) is 0.400. The predicted octanol–water partition coefficient (Wildman–Crippen LogP) is 2.35. The third-order valence-electron chi connectivity index (χ3n) is 2.43. The fourth-order valence-corrected chi connectivity index (χ4v) is 1.86. The molecule has 0 radical (unpaired) electrons. The molecule has 0 fully saturated rings. The van der Waals surface area contributed by atoms with Gasteiger partial charge in [0, 0.05) is 19.7 Å². The lowest BCUT2D eigenvalue weighted by Gasteiger charge is -2.27. The van der Waals surface area contributed by atoms with Crippen molar-refractivity contribution in [1.82, 2.24) is 0 Å². The summed E-state index contributed by atoms with van der Waals surface area (Å²) in [6.07, 6.45) is 1.74. The van der Waals surface area contributed by atoms with Crippen molar-refractivity contribution in [1.29, 1.82) is 0 Å². The molecule has 0 spiro atoms. The zero-order chi connectivity index (χ0) is 9.42. The Morgan fingerprint density at radius 3 is 2.85 bits per heavy atom. The first kappa shape index (κ1) is 8.48. The summed E-state index contributed by atoms with van der Waals surface area (Å²) in [6, 6.07) is 2.37. The van der Waals surface area contributed by atoms with Crippen LogP contribution in [0.1, 0.15) is 12.0 Å². The van der Waals surface area contributed by atoms with Crippen LogP contribution in [-0.4, -0.2) is 13.6 Å². The first-order valence-corrected chi connectivity index (χ1v) is 4.37. The number of halogens is 2. The standard InChI is InChI=1S/C10H11F2N/c1-13-4-2-3-7-5-8(11)6-9(12)10(7)13/h5-6H,2-4H2,1H3.